The normalized spacial score (nSPS) is 10.7. The summed E-state index contributed by atoms with van der Waals surface area (Å²) >= 11 is 0. The van der Waals surface area contributed by atoms with Crippen molar-refractivity contribution in [1.29, 1.82) is 0 Å². The van der Waals surface area contributed by atoms with Gasteiger partial charge in [0, 0.05) is 0 Å². The Bertz CT molecular complexity index is 857. The average molecular weight is 442 g/mol. The molecule has 0 bridgehead atoms. The van der Waals surface area contributed by atoms with Crippen molar-refractivity contribution < 1.29 is 28.5 Å². The summed E-state index contributed by atoms with van der Waals surface area (Å²) in [6.45, 7) is 4.21. The molecule has 10 nitrogen and oxygen atoms in total. The van der Waals surface area contributed by atoms with E-state index < -0.39 is 11.8 Å². The number of amides is 2. The van der Waals surface area contributed by atoms with Crippen molar-refractivity contribution >= 4 is 24.2 Å². The Morgan fingerprint density at radius 3 is 1.38 bits per heavy atom. The molecule has 0 saturated carbocycles. The highest BCUT2D eigenvalue weighted by Crippen LogP contribution is 2.26. The van der Waals surface area contributed by atoms with Crippen LogP contribution in [0, 0.1) is 0 Å². The number of carbonyl (C=O) groups is 2. The molecule has 0 atom stereocenters. The second-order valence-electron chi connectivity index (χ2n) is 5.96. The lowest BCUT2D eigenvalue weighted by atomic mass is 10.3. The van der Waals surface area contributed by atoms with Crippen molar-refractivity contribution in [2.75, 3.05) is 26.4 Å². The number of benzene rings is 2. The summed E-state index contributed by atoms with van der Waals surface area (Å²) in [4.78, 5) is 23.6. The Balaban J connectivity index is 1.66. The molecule has 0 heterocycles. The molecule has 2 aromatic carbocycles. The van der Waals surface area contributed by atoms with Crippen LogP contribution < -0.4 is 29.8 Å². The summed E-state index contributed by atoms with van der Waals surface area (Å²) in [5.41, 5.74) is 4.56. The van der Waals surface area contributed by atoms with Gasteiger partial charge in [0.2, 0.25) is 0 Å². The molecule has 2 rings (SSSR count). The highest BCUT2D eigenvalue weighted by atomic mass is 16.5. The van der Waals surface area contributed by atoms with Gasteiger partial charge in [0.15, 0.2) is 36.2 Å². The van der Waals surface area contributed by atoms with E-state index in [9.17, 15) is 9.59 Å². The third-order valence-corrected chi connectivity index (χ3v) is 3.61. The fourth-order valence-electron chi connectivity index (χ4n) is 2.32. The predicted octanol–water partition coefficient (Wildman–Crippen LogP) is 2.15. The fourth-order valence-corrected chi connectivity index (χ4v) is 2.32. The van der Waals surface area contributed by atoms with Gasteiger partial charge in [0.1, 0.15) is 0 Å². The van der Waals surface area contributed by atoms with E-state index in [1.807, 2.05) is 26.0 Å². The van der Waals surface area contributed by atoms with E-state index in [0.29, 0.717) is 36.2 Å². The molecule has 0 saturated heterocycles. The van der Waals surface area contributed by atoms with Crippen LogP contribution in [-0.4, -0.2) is 50.7 Å². The number of hydrogen-bond acceptors (Lipinski definition) is 8. The Hall–Kier alpha value is -4.08. The molecule has 2 aromatic rings. The topological polar surface area (TPSA) is 120 Å². The maximum absolute atomic E-state index is 11.8. The Morgan fingerprint density at radius 1 is 0.688 bits per heavy atom. The van der Waals surface area contributed by atoms with Gasteiger partial charge in [-0.2, -0.15) is 10.2 Å². The molecule has 0 aliphatic carbocycles. The maximum Gasteiger partial charge on any atom is 0.277 e. The second kappa shape index (κ2) is 14.0. The summed E-state index contributed by atoms with van der Waals surface area (Å²) in [5.74, 6) is 1.10. The molecule has 0 unspecified atom stereocenters. The van der Waals surface area contributed by atoms with Crippen LogP contribution in [0.3, 0.4) is 0 Å². The van der Waals surface area contributed by atoms with Crippen molar-refractivity contribution in [3.63, 3.8) is 0 Å². The van der Waals surface area contributed by atoms with Crippen LogP contribution in [0.1, 0.15) is 13.8 Å². The highest BCUT2D eigenvalue weighted by molar-refractivity contribution is 6.16. The number of carbonyl (C=O) groups excluding carboxylic acids is 2. The zero-order valence-electron chi connectivity index (χ0n) is 17.9. The first-order chi connectivity index (χ1) is 15.6. The van der Waals surface area contributed by atoms with Crippen LogP contribution in [-0.2, 0) is 9.59 Å². The van der Waals surface area contributed by atoms with Crippen molar-refractivity contribution in [3.05, 3.63) is 48.5 Å². The molecule has 2 N–H and O–H groups in total. The number of para-hydroxylation sites is 4. The molecular formula is C22H26N4O6. The molecule has 0 fully saturated rings. The lowest BCUT2D eigenvalue weighted by molar-refractivity contribution is -0.123. The van der Waals surface area contributed by atoms with Crippen molar-refractivity contribution in [2.24, 2.45) is 10.2 Å². The van der Waals surface area contributed by atoms with Crippen molar-refractivity contribution in [2.45, 2.75) is 13.8 Å². The lowest BCUT2D eigenvalue weighted by Crippen LogP contribution is -2.25. The minimum absolute atomic E-state index is 0.240. The zero-order chi connectivity index (χ0) is 23.0. The first-order valence-electron chi connectivity index (χ1n) is 9.95. The van der Waals surface area contributed by atoms with Crippen molar-refractivity contribution in [3.8, 4) is 23.0 Å². The standard InChI is InChI=1S/C22H26N4O6/c1-3-29-17-9-5-7-11-19(17)31-15-21(27)25-23-13-14-24-26-22(28)16-32-20-12-8-6-10-18(20)30-4-2/h5-14H,3-4,15-16H2,1-2H3,(H,25,27)(H,26,28). The number of ether oxygens (including phenoxy) is 4. The van der Waals surface area contributed by atoms with E-state index in [1.54, 1.807) is 36.4 Å². The summed E-state index contributed by atoms with van der Waals surface area (Å²) < 4.78 is 21.7. The van der Waals surface area contributed by atoms with E-state index in [4.69, 9.17) is 18.9 Å². The minimum atomic E-state index is -0.466. The van der Waals surface area contributed by atoms with Gasteiger partial charge < -0.3 is 18.9 Å². The van der Waals surface area contributed by atoms with E-state index in [2.05, 4.69) is 21.1 Å². The van der Waals surface area contributed by atoms with Crippen LogP contribution in [0.5, 0.6) is 23.0 Å². The molecular weight excluding hydrogens is 416 g/mol. The third kappa shape index (κ3) is 8.74. The average Bonchev–Trinajstić information content (AvgIpc) is 2.80. The monoisotopic (exact) mass is 442 g/mol. The molecule has 2 amide bonds. The second-order valence-corrected chi connectivity index (χ2v) is 5.96. The fraction of sp³-hybridized carbons (Fsp3) is 0.273. The Morgan fingerprint density at radius 2 is 1.03 bits per heavy atom. The lowest BCUT2D eigenvalue weighted by Gasteiger charge is -2.10. The number of nitrogens with one attached hydrogen (secondary N) is 2. The Labute approximate surface area is 186 Å². The molecule has 0 radical (unpaired) electrons. The summed E-state index contributed by atoms with van der Waals surface area (Å²) in [6.07, 6.45) is 2.41. The van der Waals surface area contributed by atoms with Gasteiger partial charge in [0.05, 0.1) is 25.6 Å². The van der Waals surface area contributed by atoms with Gasteiger partial charge in [-0.15, -0.1) is 0 Å². The Kier molecular flexibility index (Phi) is 10.6. The smallest absolute Gasteiger partial charge is 0.277 e. The SMILES string of the molecule is CCOc1ccccc1OCC(=O)NN=CC=NNC(=O)COc1ccccc1OCC. The number of nitrogens with zero attached hydrogens (tertiary/aromatic N) is 2. The van der Waals surface area contributed by atoms with Gasteiger partial charge in [-0.1, -0.05) is 24.3 Å². The summed E-state index contributed by atoms with van der Waals surface area (Å²) in [5, 5.41) is 7.36. The van der Waals surface area contributed by atoms with Gasteiger partial charge >= 0.3 is 0 Å². The van der Waals surface area contributed by atoms with E-state index in [1.165, 1.54) is 12.4 Å². The van der Waals surface area contributed by atoms with Crippen molar-refractivity contribution in [1.82, 2.24) is 10.9 Å². The first kappa shape index (κ1) is 24.2. The predicted molar refractivity (Wildman–Crippen MR) is 119 cm³/mol. The molecule has 0 spiro atoms. The zero-order valence-corrected chi connectivity index (χ0v) is 17.9. The quantitative estimate of drug-likeness (QED) is 0.362. The minimum Gasteiger partial charge on any atom is -0.490 e. The third-order valence-electron chi connectivity index (χ3n) is 3.61. The van der Waals surface area contributed by atoms with Gasteiger partial charge in [-0.05, 0) is 38.1 Å². The number of hydrogen-bond donors (Lipinski definition) is 2. The van der Waals surface area contributed by atoms with E-state index in [0.717, 1.165) is 0 Å². The summed E-state index contributed by atoms with van der Waals surface area (Å²) in [6, 6.07) is 14.1. The van der Waals surface area contributed by atoms with Crippen LogP contribution in [0.15, 0.2) is 58.7 Å². The molecule has 10 heteroatoms. The molecule has 32 heavy (non-hydrogen) atoms. The van der Waals surface area contributed by atoms with Crippen LogP contribution in [0.4, 0.5) is 0 Å². The largest absolute Gasteiger partial charge is 0.490 e. The van der Waals surface area contributed by atoms with Crippen LogP contribution >= 0.6 is 0 Å². The van der Waals surface area contributed by atoms with Crippen LogP contribution in [0.25, 0.3) is 0 Å². The van der Waals surface area contributed by atoms with Crippen LogP contribution in [0.2, 0.25) is 0 Å². The number of hydrazone groups is 2. The van der Waals surface area contributed by atoms with Gasteiger partial charge in [0.25, 0.3) is 11.8 Å². The molecule has 0 aliphatic rings. The van der Waals surface area contributed by atoms with E-state index in [-0.39, 0.29) is 13.2 Å². The molecule has 170 valence electrons. The first-order valence-corrected chi connectivity index (χ1v) is 9.95. The highest BCUT2D eigenvalue weighted by Gasteiger charge is 2.07. The molecule has 0 aliphatic heterocycles. The summed E-state index contributed by atoms with van der Waals surface area (Å²) in [7, 11) is 0. The van der Waals surface area contributed by atoms with Gasteiger partial charge in [-0.3, -0.25) is 9.59 Å². The maximum atomic E-state index is 11.8. The van der Waals surface area contributed by atoms with Gasteiger partial charge in [-0.25, -0.2) is 10.9 Å². The van der Waals surface area contributed by atoms with E-state index >= 15 is 0 Å². The molecule has 0 aromatic heterocycles. The number of rotatable bonds is 13.